The van der Waals surface area contributed by atoms with Crippen LogP contribution in [0.4, 0.5) is 5.69 Å². The van der Waals surface area contributed by atoms with Gasteiger partial charge < -0.3 is 5.32 Å². The highest BCUT2D eigenvalue weighted by Gasteiger charge is 2.52. The number of carbonyl (C=O) groups is 1. The molecule has 21 heavy (non-hydrogen) atoms. The molecule has 1 aliphatic rings. The maximum atomic E-state index is 12.7. The number of nitrogens with one attached hydrogen (secondary N) is 1. The van der Waals surface area contributed by atoms with Crippen molar-refractivity contribution >= 4 is 34.8 Å². The fourth-order valence-electron chi connectivity index (χ4n) is 2.58. The molecule has 2 aromatic rings. The second-order valence-electron chi connectivity index (χ2n) is 5.43. The molecule has 0 aromatic heterocycles. The van der Waals surface area contributed by atoms with Gasteiger partial charge in [0.05, 0.1) is 5.41 Å². The maximum absolute atomic E-state index is 12.7. The third-order valence-electron chi connectivity index (χ3n) is 4.09. The lowest BCUT2D eigenvalue weighted by molar-refractivity contribution is -0.118. The highest BCUT2D eigenvalue weighted by Crippen LogP contribution is 2.51. The molecule has 0 bridgehead atoms. The van der Waals surface area contributed by atoms with Gasteiger partial charge in [-0.1, -0.05) is 47.5 Å². The molecule has 0 aliphatic heterocycles. The number of rotatable bonds is 3. The molecule has 4 heteroatoms. The van der Waals surface area contributed by atoms with Crippen LogP contribution in [0.2, 0.25) is 10.0 Å². The zero-order valence-corrected chi connectivity index (χ0v) is 13.1. The van der Waals surface area contributed by atoms with Crippen molar-refractivity contribution in [3.63, 3.8) is 0 Å². The maximum Gasteiger partial charge on any atom is 0.235 e. The number of carbonyl (C=O) groups excluding carboxylic acids is 1. The van der Waals surface area contributed by atoms with Crippen LogP contribution in [0.25, 0.3) is 0 Å². The largest absolute Gasteiger partial charge is 0.325 e. The van der Waals surface area contributed by atoms with E-state index in [0.29, 0.717) is 10.0 Å². The van der Waals surface area contributed by atoms with Gasteiger partial charge in [0.1, 0.15) is 0 Å². The molecular weight excluding hydrogens is 305 g/mol. The predicted molar refractivity (Wildman–Crippen MR) is 87.2 cm³/mol. The topological polar surface area (TPSA) is 29.1 Å². The van der Waals surface area contributed by atoms with E-state index in [4.69, 9.17) is 23.2 Å². The fraction of sp³-hybridized carbons (Fsp3) is 0.235. The van der Waals surface area contributed by atoms with Gasteiger partial charge in [0, 0.05) is 15.7 Å². The Morgan fingerprint density at radius 2 is 1.71 bits per heavy atom. The first-order valence-electron chi connectivity index (χ1n) is 6.86. The summed E-state index contributed by atoms with van der Waals surface area (Å²) in [7, 11) is 0. The van der Waals surface area contributed by atoms with Crippen molar-refractivity contribution in [2.45, 2.75) is 25.2 Å². The summed E-state index contributed by atoms with van der Waals surface area (Å²) in [5.74, 6) is -0.0130. The van der Waals surface area contributed by atoms with Crippen LogP contribution in [0.3, 0.4) is 0 Å². The van der Waals surface area contributed by atoms with Crippen LogP contribution < -0.4 is 5.32 Å². The molecule has 1 amide bonds. The Balaban J connectivity index is 1.89. The van der Waals surface area contributed by atoms with Gasteiger partial charge in [-0.3, -0.25) is 4.79 Å². The van der Waals surface area contributed by atoms with Crippen LogP contribution in [0.1, 0.15) is 24.0 Å². The van der Waals surface area contributed by atoms with Crippen LogP contribution >= 0.6 is 23.2 Å². The first-order valence-corrected chi connectivity index (χ1v) is 7.62. The van der Waals surface area contributed by atoms with Crippen molar-refractivity contribution in [1.82, 2.24) is 0 Å². The number of hydrogen-bond acceptors (Lipinski definition) is 1. The van der Waals surface area contributed by atoms with Gasteiger partial charge in [-0.2, -0.15) is 0 Å². The Hall–Kier alpha value is -1.51. The Morgan fingerprint density at radius 3 is 2.38 bits per heavy atom. The van der Waals surface area contributed by atoms with Crippen molar-refractivity contribution in [2.24, 2.45) is 0 Å². The van der Waals surface area contributed by atoms with Crippen LogP contribution in [0.15, 0.2) is 42.5 Å². The SMILES string of the molecule is Cc1c(Cl)cccc1NC(=O)C1(c2ccccc2Cl)CC1. The summed E-state index contributed by atoms with van der Waals surface area (Å²) in [5, 5.41) is 4.29. The van der Waals surface area contributed by atoms with E-state index >= 15 is 0 Å². The average Bonchev–Trinajstić information content (AvgIpc) is 3.26. The molecule has 1 saturated carbocycles. The Bertz CT molecular complexity index is 708. The molecule has 0 saturated heterocycles. The van der Waals surface area contributed by atoms with E-state index in [1.54, 1.807) is 0 Å². The molecule has 0 unspecified atom stereocenters. The minimum absolute atomic E-state index is 0.0130. The van der Waals surface area contributed by atoms with E-state index in [-0.39, 0.29) is 5.91 Å². The zero-order valence-electron chi connectivity index (χ0n) is 11.6. The van der Waals surface area contributed by atoms with Gasteiger partial charge in [0.25, 0.3) is 0 Å². The van der Waals surface area contributed by atoms with Crippen molar-refractivity contribution in [3.8, 4) is 0 Å². The van der Waals surface area contributed by atoms with Crippen LogP contribution in [0.5, 0.6) is 0 Å². The first-order chi connectivity index (χ1) is 10.0. The van der Waals surface area contributed by atoms with Crippen molar-refractivity contribution in [1.29, 1.82) is 0 Å². The molecule has 2 nitrogen and oxygen atoms in total. The molecule has 3 rings (SSSR count). The second kappa shape index (κ2) is 5.36. The summed E-state index contributed by atoms with van der Waals surface area (Å²) in [6.07, 6.45) is 1.64. The van der Waals surface area contributed by atoms with E-state index in [9.17, 15) is 4.79 Å². The number of amides is 1. The van der Waals surface area contributed by atoms with Gasteiger partial charge in [-0.05, 0) is 49.1 Å². The highest BCUT2D eigenvalue weighted by molar-refractivity contribution is 6.32. The second-order valence-corrected chi connectivity index (χ2v) is 6.24. The van der Waals surface area contributed by atoms with Gasteiger partial charge >= 0.3 is 0 Å². The minimum Gasteiger partial charge on any atom is -0.325 e. The summed E-state index contributed by atoms with van der Waals surface area (Å²) in [4.78, 5) is 12.7. The number of halogens is 2. The Kier molecular flexibility index (Phi) is 3.68. The number of hydrogen-bond donors (Lipinski definition) is 1. The third-order valence-corrected chi connectivity index (χ3v) is 4.83. The zero-order chi connectivity index (χ0) is 15.0. The van der Waals surface area contributed by atoms with Crippen molar-refractivity contribution in [2.75, 3.05) is 5.32 Å². The molecule has 0 atom stereocenters. The molecular formula is C17H15Cl2NO. The standard InChI is InChI=1S/C17H15Cl2NO/c1-11-13(18)7-4-8-15(11)20-16(21)17(9-10-17)12-5-2-3-6-14(12)19/h2-8H,9-10H2,1H3,(H,20,21). The molecule has 108 valence electrons. The van der Waals surface area contributed by atoms with Crippen LogP contribution in [0, 0.1) is 6.92 Å². The van der Waals surface area contributed by atoms with E-state index in [0.717, 1.165) is 29.7 Å². The average molecular weight is 320 g/mol. The van der Waals surface area contributed by atoms with E-state index in [1.165, 1.54) is 0 Å². The predicted octanol–water partition coefficient (Wildman–Crippen LogP) is 4.97. The smallest absolute Gasteiger partial charge is 0.235 e. The van der Waals surface area contributed by atoms with E-state index < -0.39 is 5.41 Å². The van der Waals surface area contributed by atoms with Crippen molar-refractivity contribution < 1.29 is 4.79 Å². The lowest BCUT2D eigenvalue weighted by Crippen LogP contribution is -2.28. The lowest BCUT2D eigenvalue weighted by atomic mass is 9.94. The summed E-state index contributed by atoms with van der Waals surface area (Å²) in [6.45, 7) is 1.90. The summed E-state index contributed by atoms with van der Waals surface area (Å²) >= 11 is 12.3. The Labute approximate surface area is 134 Å². The highest BCUT2D eigenvalue weighted by atomic mass is 35.5. The summed E-state index contributed by atoms with van der Waals surface area (Å²) < 4.78 is 0. The molecule has 1 aliphatic carbocycles. The monoisotopic (exact) mass is 319 g/mol. The normalized spacial score (nSPS) is 15.6. The third kappa shape index (κ3) is 2.54. The van der Waals surface area contributed by atoms with Crippen LogP contribution in [-0.4, -0.2) is 5.91 Å². The number of anilines is 1. The van der Waals surface area contributed by atoms with Gasteiger partial charge in [-0.15, -0.1) is 0 Å². The Morgan fingerprint density at radius 1 is 1.05 bits per heavy atom. The van der Waals surface area contributed by atoms with Gasteiger partial charge in [-0.25, -0.2) is 0 Å². The first kappa shape index (κ1) is 14.4. The van der Waals surface area contributed by atoms with Crippen molar-refractivity contribution in [3.05, 3.63) is 63.6 Å². The molecule has 0 spiro atoms. The number of benzene rings is 2. The van der Waals surface area contributed by atoms with Crippen LogP contribution in [-0.2, 0) is 10.2 Å². The summed E-state index contributed by atoms with van der Waals surface area (Å²) in [6, 6.07) is 13.1. The molecule has 1 N–H and O–H groups in total. The van der Waals surface area contributed by atoms with Gasteiger partial charge in [0.2, 0.25) is 5.91 Å². The summed E-state index contributed by atoms with van der Waals surface area (Å²) in [5.41, 5.74) is 2.05. The molecule has 0 radical (unpaired) electrons. The lowest BCUT2D eigenvalue weighted by Gasteiger charge is -2.18. The molecule has 1 fully saturated rings. The molecule has 0 heterocycles. The minimum atomic E-state index is -0.493. The van der Waals surface area contributed by atoms with Gasteiger partial charge in [0.15, 0.2) is 0 Å². The fourth-order valence-corrected chi connectivity index (χ4v) is 3.07. The van der Waals surface area contributed by atoms with E-state index in [2.05, 4.69) is 5.32 Å². The van der Waals surface area contributed by atoms with E-state index in [1.807, 2.05) is 49.4 Å². The quantitative estimate of drug-likeness (QED) is 0.850. The molecule has 2 aromatic carbocycles.